The molecule has 1 N–H and O–H groups in total. The van der Waals surface area contributed by atoms with Crippen molar-refractivity contribution in [1.82, 2.24) is 20.0 Å². The van der Waals surface area contributed by atoms with Crippen molar-refractivity contribution in [3.63, 3.8) is 0 Å². The van der Waals surface area contributed by atoms with Crippen molar-refractivity contribution in [2.45, 2.75) is 13.0 Å². The fraction of sp³-hybridized carbons (Fsp3) is 0.455. The first-order valence-corrected chi connectivity index (χ1v) is 9.86. The number of likely N-dealkylation sites (N-methyl/N-ethyl adjacent to an activating group) is 1. The van der Waals surface area contributed by atoms with Crippen molar-refractivity contribution in [1.29, 1.82) is 0 Å². The predicted molar refractivity (Wildman–Crippen MR) is 112 cm³/mol. The normalized spacial score (nSPS) is 16.7. The first kappa shape index (κ1) is 20.3. The number of carbonyl (C=O) groups excluding carboxylic acids is 2. The van der Waals surface area contributed by atoms with E-state index in [1.807, 2.05) is 25.1 Å². The lowest BCUT2D eigenvalue weighted by Crippen LogP contribution is -2.51. The molecule has 0 aliphatic carbocycles. The fourth-order valence-corrected chi connectivity index (χ4v) is 3.63. The number of hydrogen-bond donors (Lipinski definition) is 1. The van der Waals surface area contributed by atoms with Gasteiger partial charge in [-0.3, -0.25) is 19.4 Å². The van der Waals surface area contributed by atoms with E-state index in [0.29, 0.717) is 13.1 Å². The maximum Gasteiger partial charge on any atom is 0.236 e. The van der Waals surface area contributed by atoms with E-state index in [0.717, 1.165) is 31.7 Å². The highest BCUT2D eigenvalue weighted by Crippen LogP contribution is 2.23. The third kappa shape index (κ3) is 5.09. The molecule has 0 saturated carbocycles. The van der Waals surface area contributed by atoms with E-state index in [2.05, 4.69) is 39.4 Å². The molecule has 0 spiro atoms. The summed E-state index contributed by atoms with van der Waals surface area (Å²) in [6, 6.07) is 14.4. The first-order valence-electron chi connectivity index (χ1n) is 9.86. The van der Waals surface area contributed by atoms with Crippen LogP contribution in [-0.2, 0) is 9.59 Å². The molecular weight excluding hydrogens is 352 g/mol. The van der Waals surface area contributed by atoms with Crippen LogP contribution in [0.1, 0.15) is 18.5 Å². The first-order chi connectivity index (χ1) is 13.4. The van der Waals surface area contributed by atoms with Gasteiger partial charge in [0.15, 0.2) is 0 Å². The van der Waals surface area contributed by atoms with Crippen LogP contribution >= 0.6 is 0 Å². The van der Waals surface area contributed by atoms with E-state index in [-0.39, 0.29) is 17.9 Å². The standard InChI is InChI=1S/C22H30N4O2/c1-17(19-10-6-8-18-7-4-5-9-20(18)19)23-21(27)15-25-11-13-26(14-12-25)16-22(28)24(2)3/h4-10,17H,11-16H2,1-3H3,(H,23,27). The topological polar surface area (TPSA) is 55.9 Å². The molecule has 1 aliphatic rings. The van der Waals surface area contributed by atoms with Crippen LogP contribution in [-0.4, -0.2) is 79.9 Å². The Morgan fingerprint density at radius 2 is 1.57 bits per heavy atom. The predicted octanol–water partition coefficient (Wildman–Crippen LogP) is 1.72. The van der Waals surface area contributed by atoms with E-state index >= 15 is 0 Å². The number of amides is 2. The van der Waals surface area contributed by atoms with E-state index in [4.69, 9.17) is 0 Å². The molecule has 2 amide bonds. The second-order valence-electron chi connectivity index (χ2n) is 7.70. The number of nitrogens with one attached hydrogen (secondary N) is 1. The molecule has 0 radical (unpaired) electrons. The molecule has 0 aromatic heterocycles. The summed E-state index contributed by atoms with van der Waals surface area (Å²) in [5, 5.41) is 5.50. The minimum absolute atomic E-state index is 0.0400. The molecule has 3 rings (SSSR count). The summed E-state index contributed by atoms with van der Waals surface area (Å²) in [5.74, 6) is 0.161. The van der Waals surface area contributed by atoms with Crippen LogP contribution in [0, 0.1) is 0 Å². The number of rotatable bonds is 6. The van der Waals surface area contributed by atoms with Crippen LogP contribution < -0.4 is 5.32 Å². The van der Waals surface area contributed by atoms with Gasteiger partial charge in [0.05, 0.1) is 19.1 Å². The fourth-order valence-electron chi connectivity index (χ4n) is 3.63. The van der Waals surface area contributed by atoms with E-state index in [9.17, 15) is 9.59 Å². The second kappa shape index (κ2) is 9.17. The summed E-state index contributed by atoms with van der Waals surface area (Å²) >= 11 is 0. The molecule has 1 heterocycles. The largest absolute Gasteiger partial charge is 0.348 e. The summed E-state index contributed by atoms with van der Waals surface area (Å²) < 4.78 is 0. The Morgan fingerprint density at radius 3 is 2.25 bits per heavy atom. The molecule has 0 bridgehead atoms. The maximum atomic E-state index is 12.6. The van der Waals surface area contributed by atoms with E-state index in [1.54, 1.807) is 19.0 Å². The highest BCUT2D eigenvalue weighted by molar-refractivity contribution is 5.87. The van der Waals surface area contributed by atoms with Crippen molar-refractivity contribution < 1.29 is 9.59 Å². The van der Waals surface area contributed by atoms with Crippen molar-refractivity contribution in [2.75, 3.05) is 53.4 Å². The van der Waals surface area contributed by atoms with Gasteiger partial charge in [-0.2, -0.15) is 0 Å². The molecule has 6 nitrogen and oxygen atoms in total. The lowest BCUT2D eigenvalue weighted by Gasteiger charge is -2.34. The maximum absolute atomic E-state index is 12.6. The Labute approximate surface area is 167 Å². The average Bonchev–Trinajstić information content (AvgIpc) is 2.68. The number of fused-ring (bicyclic) bond motifs is 1. The Hall–Kier alpha value is -2.44. The summed E-state index contributed by atoms with van der Waals surface area (Å²) in [7, 11) is 3.56. The molecule has 2 aromatic rings. The van der Waals surface area contributed by atoms with Crippen molar-refractivity contribution >= 4 is 22.6 Å². The molecular formula is C22H30N4O2. The van der Waals surface area contributed by atoms with Gasteiger partial charge in [-0.25, -0.2) is 0 Å². The van der Waals surface area contributed by atoms with Crippen LogP contribution in [0.4, 0.5) is 0 Å². The van der Waals surface area contributed by atoms with Gasteiger partial charge in [0, 0.05) is 40.3 Å². The smallest absolute Gasteiger partial charge is 0.236 e. The Balaban J connectivity index is 1.50. The minimum atomic E-state index is -0.0439. The summed E-state index contributed by atoms with van der Waals surface area (Å²) in [6.07, 6.45) is 0. The zero-order chi connectivity index (χ0) is 20.1. The van der Waals surface area contributed by atoms with E-state index in [1.165, 1.54) is 10.8 Å². The second-order valence-corrected chi connectivity index (χ2v) is 7.70. The Kier molecular flexibility index (Phi) is 6.65. The van der Waals surface area contributed by atoms with Gasteiger partial charge in [-0.15, -0.1) is 0 Å². The monoisotopic (exact) mass is 382 g/mol. The minimum Gasteiger partial charge on any atom is -0.348 e. The number of hydrogen-bond acceptors (Lipinski definition) is 4. The number of piperazine rings is 1. The third-order valence-electron chi connectivity index (χ3n) is 5.36. The van der Waals surface area contributed by atoms with Gasteiger partial charge in [0.2, 0.25) is 11.8 Å². The van der Waals surface area contributed by atoms with Crippen LogP contribution in [0.25, 0.3) is 10.8 Å². The third-order valence-corrected chi connectivity index (χ3v) is 5.36. The van der Waals surface area contributed by atoms with Crippen LogP contribution in [0.2, 0.25) is 0 Å². The lowest BCUT2D eigenvalue weighted by molar-refractivity contribution is -0.131. The van der Waals surface area contributed by atoms with Gasteiger partial charge < -0.3 is 10.2 Å². The molecule has 1 unspecified atom stereocenters. The number of carbonyl (C=O) groups is 2. The zero-order valence-electron chi connectivity index (χ0n) is 17.0. The summed E-state index contributed by atoms with van der Waals surface area (Å²) in [4.78, 5) is 30.3. The van der Waals surface area contributed by atoms with Gasteiger partial charge in [-0.05, 0) is 23.3 Å². The summed E-state index contributed by atoms with van der Waals surface area (Å²) in [6.45, 7) is 6.10. The van der Waals surface area contributed by atoms with E-state index < -0.39 is 0 Å². The molecule has 150 valence electrons. The van der Waals surface area contributed by atoms with Gasteiger partial charge in [0.25, 0.3) is 0 Å². The molecule has 28 heavy (non-hydrogen) atoms. The van der Waals surface area contributed by atoms with Crippen molar-refractivity contribution in [3.8, 4) is 0 Å². The molecule has 2 aromatic carbocycles. The zero-order valence-corrected chi connectivity index (χ0v) is 17.0. The Morgan fingerprint density at radius 1 is 0.964 bits per heavy atom. The van der Waals surface area contributed by atoms with Gasteiger partial charge in [-0.1, -0.05) is 42.5 Å². The molecule has 1 saturated heterocycles. The molecule has 1 aliphatic heterocycles. The molecule has 1 atom stereocenters. The van der Waals surface area contributed by atoms with Crippen LogP contribution in [0.3, 0.4) is 0 Å². The quantitative estimate of drug-likeness (QED) is 0.827. The highest BCUT2D eigenvalue weighted by atomic mass is 16.2. The summed E-state index contributed by atoms with van der Waals surface area (Å²) in [5.41, 5.74) is 1.14. The van der Waals surface area contributed by atoms with Crippen molar-refractivity contribution in [2.24, 2.45) is 0 Å². The molecule has 6 heteroatoms. The van der Waals surface area contributed by atoms with Crippen LogP contribution in [0.15, 0.2) is 42.5 Å². The number of nitrogens with zero attached hydrogens (tertiary/aromatic N) is 3. The van der Waals surface area contributed by atoms with Gasteiger partial charge >= 0.3 is 0 Å². The highest BCUT2D eigenvalue weighted by Gasteiger charge is 2.22. The number of benzene rings is 2. The Bertz CT molecular complexity index is 823. The SMILES string of the molecule is CC(NC(=O)CN1CCN(CC(=O)N(C)C)CC1)c1cccc2ccccc12. The van der Waals surface area contributed by atoms with Crippen LogP contribution in [0.5, 0.6) is 0 Å². The molecule has 1 fully saturated rings. The average molecular weight is 383 g/mol. The van der Waals surface area contributed by atoms with Gasteiger partial charge in [0.1, 0.15) is 0 Å². The lowest BCUT2D eigenvalue weighted by atomic mass is 10.00. The van der Waals surface area contributed by atoms with Crippen molar-refractivity contribution in [3.05, 3.63) is 48.0 Å².